The zero-order valence-corrected chi connectivity index (χ0v) is 13.2. The number of amides is 1. The van der Waals surface area contributed by atoms with Crippen LogP contribution in [0.5, 0.6) is 5.75 Å². The number of nitrogens with zero attached hydrogens (tertiary/aromatic N) is 1. The minimum Gasteiger partial charge on any atom is -0.488 e. The summed E-state index contributed by atoms with van der Waals surface area (Å²) in [6, 6.07) is 16.1. The van der Waals surface area contributed by atoms with E-state index in [0.717, 1.165) is 41.0 Å². The van der Waals surface area contributed by atoms with Crippen LogP contribution in [0.4, 0.5) is 5.69 Å². The van der Waals surface area contributed by atoms with Crippen LogP contribution < -0.4 is 10.1 Å². The van der Waals surface area contributed by atoms with E-state index in [1.54, 1.807) is 0 Å². The van der Waals surface area contributed by atoms with Gasteiger partial charge in [-0.3, -0.25) is 4.79 Å². The smallest absolute Gasteiger partial charge is 0.258 e. The number of fused-ring (bicyclic) bond motifs is 2. The molecule has 2 aromatic rings. The molecule has 24 heavy (non-hydrogen) atoms. The van der Waals surface area contributed by atoms with Crippen LogP contribution in [0, 0.1) is 0 Å². The summed E-state index contributed by atoms with van der Waals surface area (Å²) >= 11 is 0. The topological polar surface area (TPSA) is 41.6 Å². The molecule has 2 aliphatic heterocycles. The summed E-state index contributed by atoms with van der Waals surface area (Å²) in [5.41, 5.74) is 3.84. The number of anilines is 1. The van der Waals surface area contributed by atoms with Crippen molar-refractivity contribution in [3.63, 3.8) is 0 Å². The molecule has 0 unspecified atom stereocenters. The van der Waals surface area contributed by atoms with Gasteiger partial charge in [-0.15, -0.1) is 0 Å². The molecule has 0 spiro atoms. The molecule has 120 valence electrons. The van der Waals surface area contributed by atoms with Crippen molar-refractivity contribution in [3.8, 4) is 5.75 Å². The zero-order chi connectivity index (χ0) is 16.1. The first-order valence-corrected chi connectivity index (χ1v) is 8.42. The third-order valence-electron chi connectivity index (χ3n) is 4.91. The predicted molar refractivity (Wildman–Crippen MR) is 93.0 cm³/mol. The largest absolute Gasteiger partial charge is 0.488 e. The molecule has 5 rings (SSSR count). The Kier molecular flexibility index (Phi) is 2.92. The quantitative estimate of drug-likeness (QED) is 0.921. The maximum atomic E-state index is 13.0. The van der Waals surface area contributed by atoms with E-state index in [0.29, 0.717) is 12.6 Å². The summed E-state index contributed by atoms with van der Waals surface area (Å²) in [5.74, 6) is 1.03. The molecule has 4 nitrogen and oxygen atoms in total. The van der Waals surface area contributed by atoms with E-state index >= 15 is 0 Å². The number of nitrogens with one attached hydrogen (secondary N) is 1. The molecule has 3 aliphatic rings. The number of rotatable bonds is 2. The van der Waals surface area contributed by atoms with Gasteiger partial charge in [0, 0.05) is 22.9 Å². The van der Waals surface area contributed by atoms with Gasteiger partial charge in [0.2, 0.25) is 0 Å². The van der Waals surface area contributed by atoms with E-state index in [1.165, 1.54) is 0 Å². The van der Waals surface area contributed by atoms with Crippen LogP contribution in [0.1, 0.15) is 28.8 Å². The molecule has 2 heterocycles. The highest BCUT2D eigenvalue weighted by molar-refractivity contribution is 6.02. The minimum absolute atomic E-state index is 0.122. The summed E-state index contributed by atoms with van der Waals surface area (Å²) in [5, 5.41) is 3.56. The Morgan fingerprint density at radius 2 is 1.83 bits per heavy atom. The number of hydrogen-bond donors (Lipinski definition) is 1. The Morgan fingerprint density at radius 1 is 1.04 bits per heavy atom. The Bertz CT molecular complexity index is 854. The molecule has 1 saturated carbocycles. The summed E-state index contributed by atoms with van der Waals surface area (Å²) in [6.45, 7) is 0.507. The van der Waals surface area contributed by atoms with Crippen LogP contribution in [0.3, 0.4) is 0 Å². The van der Waals surface area contributed by atoms with Gasteiger partial charge in [-0.1, -0.05) is 30.3 Å². The van der Waals surface area contributed by atoms with Crippen molar-refractivity contribution in [3.05, 3.63) is 65.2 Å². The van der Waals surface area contributed by atoms with Crippen molar-refractivity contribution in [2.75, 3.05) is 11.9 Å². The molecule has 2 aromatic carbocycles. The fourth-order valence-corrected chi connectivity index (χ4v) is 3.56. The lowest BCUT2D eigenvalue weighted by Crippen LogP contribution is -2.51. The number of ether oxygens (including phenoxy) is 1. The van der Waals surface area contributed by atoms with Gasteiger partial charge >= 0.3 is 0 Å². The SMILES string of the molecule is O=C1c2ccccc2N[C@@H](C2=Cc3ccccc3OC2)N1C1CC1. The van der Waals surface area contributed by atoms with Crippen LogP contribution >= 0.6 is 0 Å². The van der Waals surface area contributed by atoms with Crippen molar-refractivity contribution in [2.24, 2.45) is 0 Å². The fourth-order valence-electron chi connectivity index (χ4n) is 3.56. The van der Waals surface area contributed by atoms with E-state index < -0.39 is 0 Å². The lowest BCUT2D eigenvalue weighted by atomic mass is 10.00. The average Bonchev–Trinajstić information content (AvgIpc) is 3.46. The highest BCUT2D eigenvalue weighted by Crippen LogP contribution is 2.38. The lowest BCUT2D eigenvalue weighted by Gasteiger charge is -2.40. The van der Waals surface area contributed by atoms with Crippen molar-refractivity contribution < 1.29 is 9.53 Å². The molecule has 0 radical (unpaired) electrons. The highest BCUT2D eigenvalue weighted by atomic mass is 16.5. The van der Waals surface area contributed by atoms with Gasteiger partial charge in [-0.05, 0) is 37.1 Å². The Morgan fingerprint density at radius 3 is 2.71 bits per heavy atom. The minimum atomic E-state index is -0.131. The highest BCUT2D eigenvalue weighted by Gasteiger charge is 2.43. The van der Waals surface area contributed by atoms with Crippen LogP contribution in [-0.4, -0.2) is 29.6 Å². The normalized spacial score (nSPS) is 22.0. The summed E-state index contributed by atoms with van der Waals surface area (Å²) in [4.78, 5) is 15.0. The number of carbonyl (C=O) groups is 1. The molecule has 1 fully saturated rings. The second-order valence-corrected chi connectivity index (χ2v) is 6.58. The summed E-state index contributed by atoms with van der Waals surface area (Å²) in [7, 11) is 0. The van der Waals surface area contributed by atoms with E-state index in [2.05, 4.69) is 17.5 Å². The van der Waals surface area contributed by atoms with Gasteiger partial charge in [0.05, 0.1) is 5.56 Å². The van der Waals surface area contributed by atoms with E-state index in [1.807, 2.05) is 47.4 Å². The molecule has 4 heteroatoms. The number of benzene rings is 2. The third kappa shape index (κ3) is 2.10. The number of hydrogen-bond acceptors (Lipinski definition) is 3. The standard InChI is InChI=1S/C20H18N2O2/c23-20-16-6-2-3-7-17(16)21-19(22(20)15-9-10-15)14-11-13-5-1-4-8-18(13)24-12-14/h1-8,11,15,19,21H,9-10,12H2/t19-/m1/s1. The maximum absolute atomic E-state index is 13.0. The van der Waals surface area contributed by atoms with E-state index in [4.69, 9.17) is 4.74 Å². The molecule has 0 saturated heterocycles. The second kappa shape index (κ2) is 5.13. The molecule has 1 atom stereocenters. The van der Waals surface area contributed by atoms with Gasteiger partial charge < -0.3 is 15.0 Å². The lowest BCUT2D eigenvalue weighted by molar-refractivity contribution is 0.0688. The van der Waals surface area contributed by atoms with Gasteiger partial charge in [0.1, 0.15) is 18.5 Å². The molecule has 1 amide bonds. The third-order valence-corrected chi connectivity index (χ3v) is 4.91. The Labute approximate surface area is 140 Å². The number of para-hydroxylation sites is 2. The predicted octanol–water partition coefficient (Wildman–Crippen LogP) is 3.52. The number of carbonyl (C=O) groups excluding carboxylic acids is 1. The van der Waals surface area contributed by atoms with Gasteiger partial charge in [0.25, 0.3) is 5.91 Å². The van der Waals surface area contributed by atoms with Crippen molar-refractivity contribution >= 4 is 17.7 Å². The molecule has 0 bridgehead atoms. The van der Waals surface area contributed by atoms with Gasteiger partial charge in [-0.25, -0.2) is 0 Å². The maximum Gasteiger partial charge on any atom is 0.258 e. The van der Waals surface area contributed by atoms with Crippen LogP contribution in [-0.2, 0) is 0 Å². The molecule has 0 aromatic heterocycles. The zero-order valence-electron chi connectivity index (χ0n) is 13.2. The van der Waals surface area contributed by atoms with Crippen molar-refractivity contribution in [2.45, 2.75) is 25.0 Å². The molecular formula is C20H18N2O2. The summed E-state index contributed by atoms with van der Waals surface area (Å²) in [6.07, 6.45) is 4.19. The molecular weight excluding hydrogens is 300 g/mol. The van der Waals surface area contributed by atoms with E-state index in [9.17, 15) is 4.79 Å². The van der Waals surface area contributed by atoms with Crippen molar-refractivity contribution in [1.29, 1.82) is 0 Å². The Hall–Kier alpha value is -2.75. The van der Waals surface area contributed by atoms with Crippen LogP contribution in [0.2, 0.25) is 0 Å². The Balaban J connectivity index is 1.57. The van der Waals surface area contributed by atoms with Crippen LogP contribution in [0.15, 0.2) is 54.1 Å². The molecule has 1 aliphatic carbocycles. The van der Waals surface area contributed by atoms with Gasteiger partial charge in [0.15, 0.2) is 0 Å². The first kappa shape index (κ1) is 13.7. The summed E-state index contributed by atoms with van der Waals surface area (Å²) < 4.78 is 5.91. The molecule has 1 N–H and O–H groups in total. The first-order valence-electron chi connectivity index (χ1n) is 8.42. The van der Waals surface area contributed by atoms with Crippen LogP contribution in [0.25, 0.3) is 6.08 Å². The average molecular weight is 318 g/mol. The first-order chi connectivity index (χ1) is 11.8. The van der Waals surface area contributed by atoms with E-state index in [-0.39, 0.29) is 12.1 Å². The van der Waals surface area contributed by atoms with Crippen molar-refractivity contribution in [1.82, 2.24) is 4.90 Å². The second-order valence-electron chi connectivity index (χ2n) is 6.58. The monoisotopic (exact) mass is 318 g/mol. The van der Waals surface area contributed by atoms with Gasteiger partial charge in [-0.2, -0.15) is 0 Å². The fraction of sp³-hybridized carbons (Fsp3) is 0.250.